The third kappa shape index (κ3) is 4.95. The molecule has 0 radical (unpaired) electrons. The summed E-state index contributed by atoms with van der Waals surface area (Å²) in [6, 6.07) is 9.97. The predicted molar refractivity (Wildman–Crippen MR) is 105 cm³/mol. The molecule has 1 amide bonds. The second-order valence-corrected chi connectivity index (χ2v) is 9.05. The lowest BCUT2D eigenvalue weighted by Gasteiger charge is -2.06. The molecule has 3 N–H and O–H groups in total. The molecule has 2 aromatic heterocycles. The summed E-state index contributed by atoms with van der Waals surface area (Å²) in [5.74, 6) is 0.810. The van der Waals surface area contributed by atoms with Gasteiger partial charge in [0, 0.05) is 13.6 Å². The Labute approximate surface area is 164 Å². The Kier molecular flexibility index (Phi) is 5.95. The highest BCUT2D eigenvalue weighted by Crippen LogP contribution is 2.25. The van der Waals surface area contributed by atoms with Gasteiger partial charge in [0.2, 0.25) is 15.9 Å². The number of thiophene rings is 1. The van der Waals surface area contributed by atoms with Crippen LogP contribution in [0.1, 0.15) is 5.56 Å². The highest BCUT2D eigenvalue weighted by Gasteiger charge is 2.13. The molecule has 27 heavy (non-hydrogen) atoms. The third-order valence-corrected chi connectivity index (χ3v) is 6.47. The van der Waals surface area contributed by atoms with E-state index >= 15 is 0 Å². The molecule has 8 nitrogen and oxygen atoms in total. The number of nitrogens with one attached hydrogen (secondary N) is 1. The van der Waals surface area contributed by atoms with Crippen LogP contribution in [0.2, 0.25) is 0 Å². The standard InChI is InChI=1S/C16H17N5O3S3/c1-21-15(13-3-2-8-25-13)19-20-16(21)26-10-14(22)18-9-11-4-6-12(7-5-11)27(17,23)24/h2-8H,9-10H2,1H3,(H,18,22)(H2,17,23,24). The van der Waals surface area contributed by atoms with Crippen LogP contribution in [0.25, 0.3) is 10.7 Å². The van der Waals surface area contributed by atoms with Crippen LogP contribution in [-0.2, 0) is 28.4 Å². The number of carbonyl (C=O) groups excluding carboxylic acids is 1. The predicted octanol–water partition coefficient (Wildman–Crippen LogP) is 1.60. The van der Waals surface area contributed by atoms with E-state index in [1.165, 1.54) is 23.9 Å². The maximum absolute atomic E-state index is 12.1. The zero-order valence-corrected chi connectivity index (χ0v) is 16.8. The van der Waals surface area contributed by atoms with Gasteiger partial charge in [-0.15, -0.1) is 21.5 Å². The summed E-state index contributed by atoms with van der Waals surface area (Å²) in [7, 11) is -1.85. The van der Waals surface area contributed by atoms with Crippen molar-refractivity contribution in [2.45, 2.75) is 16.6 Å². The van der Waals surface area contributed by atoms with Crippen molar-refractivity contribution >= 4 is 39.0 Å². The maximum Gasteiger partial charge on any atom is 0.238 e. The lowest BCUT2D eigenvalue weighted by molar-refractivity contribution is -0.118. The smallest absolute Gasteiger partial charge is 0.238 e. The average Bonchev–Trinajstić information content (AvgIpc) is 3.27. The highest BCUT2D eigenvalue weighted by atomic mass is 32.2. The van der Waals surface area contributed by atoms with Gasteiger partial charge in [-0.1, -0.05) is 30.0 Å². The summed E-state index contributed by atoms with van der Waals surface area (Å²) in [6.07, 6.45) is 0. The molecule has 0 bridgehead atoms. The topological polar surface area (TPSA) is 120 Å². The molecule has 142 valence electrons. The van der Waals surface area contributed by atoms with E-state index in [9.17, 15) is 13.2 Å². The Hall–Kier alpha value is -2.21. The summed E-state index contributed by atoms with van der Waals surface area (Å²) in [6.45, 7) is 0.295. The van der Waals surface area contributed by atoms with E-state index < -0.39 is 10.0 Å². The number of rotatable bonds is 7. The Bertz CT molecular complexity index is 1030. The SMILES string of the molecule is Cn1c(SCC(=O)NCc2ccc(S(N)(=O)=O)cc2)nnc1-c1cccs1. The zero-order valence-electron chi connectivity index (χ0n) is 14.3. The molecule has 1 aromatic carbocycles. The Morgan fingerprint density at radius 2 is 2.00 bits per heavy atom. The second kappa shape index (κ2) is 8.21. The Morgan fingerprint density at radius 1 is 1.26 bits per heavy atom. The lowest BCUT2D eigenvalue weighted by Crippen LogP contribution is -2.24. The van der Waals surface area contributed by atoms with Gasteiger partial charge < -0.3 is 9.88 Å². The zero-order chi connectivity index (χ0) is 19.4. The van der Waals surface area contributed by atoms with Gasteiger partial charge in [-0.25, -0.2) is 13.6 Å². The van der Waals surface area contributed by atoms with Crippen LogP contribution in [0.15, 0.2) is 51.8 Å². The van der Waals surface area contributed by atoms with Gasteiger partial charge in [-0.05, 0) is 29.1 Å². The quantitative estimate of drug-likeness (QED) is 0.557. The first-order valence-corrected chi connectivity index (χ1v) is 11.2. The first kappa shape index (κ1) is 19.5. The van der Waals surface area contributed by atoms with Crippen LogP contribution in [0.4, 0.5) is 0 Å². The molecular weight excluding hydrogens is 406 g/mol. The molecule has 11 heteroatoms. The molecule has 0 atom stereocenters. The molecular formula is C16H17N5O3S3. The van der Waals surface area contributed by atoms with Crippen molar-refractivity contribution in [1.82, 2.24) is 20.1 Å². The molecule has 0 saturated heterocycles. The number of benzene rings is 1. The number of sulfonamides is 1. The number of primary sulfonamides is 1. The van der Waals surface area contributed by atoms with E-state index in [0.29, 0.717) is 11.7 Å². The number of thioether (sulfide) groups is 1. The van der Waals surface area contributed by atoms with Crippen LogP contribution in [0, 0.1) is 0 Å². The van der Waals surface area contributed by atoms with E-state index in [4.69, 9.17) is 5.14 Å². The van der Waals surface area contributed by atoms with Crippen LogP contribution in [-0.4, -0.2) is 34.8 Å². The van der Waals surface area contributed by atoms with Gasteiger partial charge in [-0.2, -0.15) is 0 Å². The summed E-state index contributed by atoms with van der Waals surface area (Å²) >= 11 is 2.88. The van der Waals surface area contributed by atoms with E-state index in [1.54, 1.807) is 23.5 Å². The average molecular weight is 424 g/mol. The third-order valence-electron chi connectivity index (χ3n) is 3.65. The summed E-state index contributed by atoms with van der Waals surface area (Å²) in [5, 5.41) is 18.8. The number of hydrogen-bond donors (Lipinski definition) is 2. The fourth-order valence-electron chi connectivity index (χ4n) is 2.24. The van der Waals surface area contributed by atoms with Crippen LogP contribution >= 0.6 is 23.1 Å². The molecule has 0 spiro atoms. The van der Waals surface area contributed by atoms with Crippen molar-refractivity contribution in [3.8, 4) is 10.7 Å². The molecule has 0 aliphatic rings. The van der Waals surface area contributed by atoms with Gasteiger partial charge in [0.05, 0.1) is 15.5 Å². The van der Waals surface area contributed by atoms with E-state index in [0.717, 1.165) is 16.3 Å². The van der Waals surface area contributed by atoms with Crippen molar-refractivity contribution in [3.63, 3.8) is 0 Å². The number of nitrogens with zero attached hydrogens (tertiary/aromatic N) is 3. The van der Waals surface area contributed by atoms with Crippen LogP contribution in [0.5, 0.6) is 0 Å². The number of amides is 1. The normalized spacial score (nSPS) is 11.5. The Balaban J connectivity index is 1.52. The van der Waals surface area contributed by atoms with Crippen molar-refractivity contribution in [3.05, 3.63) is 47.3 Å². The van der Waals surface area contributed by atoms with E-state index in [1.807, 2.05) is 29.1 Å². The molecule has 0 aliphatic heterocycles. The van der Waals surface area contributed by atoms with Gasteiger partial charge in [-0.3, -0.25) is 4.79 Å². The van der Waals surface area contributed by atoms with Gasteiger partial charge in [0.25, 0.3) is 0 Å². The minimum atomic E-state index is -3.71. The van der Waals surface area contributed by atoms with Crippen molar-refractivity contribution in [2.75, 3.05) is 5.75 Å². The molecule has 2 heterocycles. The van der Waals surface area contributed by atoms with E-state index in [-0.39, 0.29) is 16.6 Å². The number of hydrogen-bond acceptors (Lipinski definition) is 7. The largest absolute Gasteiger partial charge is 0.351 e. The molecule has 0 unspecified atom stereocenters. The Morgan fingerprint density at radius 3 is 2.63 bits per heavy atom. The van der Waals surface area contributed by atoms with Crippen molar-refractivity contribution < 1.29 is 13.2 Å². The summed E-state index contributed by atoms with van der Waals surface area (Å²) in [4.78, 5) is 13.1. The lowest BCUT2D eigenvalue weighted by atomic mass is 10.2. The number of carbonyl (C=O) groups is 1. The second-order valence-electron chi connectivity index (χ2n) is 5.60. The highest BCUT2D eigenvalue weighted by molar-refractivity contribution is 7.99. The van der Waals surface area contributed by atoms with Gasteiger partial charge in [0.1, 0.15) is 0 Å². The number of aromatic nitrogens is 3. The van der Waals surface area contributed by atoms with Gasteiger partial charge >= 0.3 is 0 Å². The molecule has 0 saturated carbocycles. The monoisotopic (exact) mass is 423 g/mol. The van der Waals surface area contributed by atoms with Crippen molar-refractivity contribution in [2.24, 2.45) is 12.2 Å². The fraction of sp³-hybridized carbons (Fsp3) is 0.188. The molecule has 0 fully saturated rings. The fourth-order valence-corrected chi connectivity index (χ4v) is 4.24. The van der Waals surface area contributed by atoms with E-state index in [2.05, 4.69) is 15.5 Å². The first-order valence-electron chi connectivity index (χ1n) is 7.79. The summed E-state index contributed by atoms with van der Waals surface area (Å²) < 4.78 is 24.3. The van der Waals surface area contributed by atoms with Gasteiger partial charge in [0.15, 0.2) is 11.0 Å². The minimum absolute atomic E-state index is 0.0389. The van der Waals surface area contributed by atoms with Crippen molar-refractivity contribution in [1.29, 1.82) is 0 Å². The maximum atomic E-state index is 12.1. The summed E-state index contributed by atoms with van der Waals surface area (Å²) in [5.41, 5.74) is 0.777. The first-order chi connectivity index (χ1) is 12.8. The minimum Gasteiger partial charge on any atom is -0.351 e. The number of nitrogens with two attached hydrogens (primary N) is 1. The van der Waals surface area contributed by atoms with Crippen LogP contribution < -0.4 is 10.5 Å². The molecule has 0 aliphatic carbocycles. The van der Waals surface area contributed by atoms with Crippen LogP contribution in [0.3, 0.4) is 0 Å². The molecule has 3 rings (SSSR count). The molecule has 3 aromatic rings.